The molecular formula is C24H33ClN2O3. The number of rotatable bonds is 10. The molecule has 0 spiro atoms. The standard InChI is InChI=1S/C24H32N2O3.ClH/c1-3-7-20-10-11-23(24(16-20)28-2)29-19-22(27)18-26-14-12-25(13-15-26)17-21-8-5-4-6-9-21;/h3-6,8-11,16,22,27H,1,7,12-15,17-19H2,2H3;1H. The van der Waals surface area contributed by atoms with Crippen LogP contribution in [0.25, 0.3) is 0 Å². The third kappa shape index (κ3) is 7.33. The van der Waals surface area contributed by atoms with Crippen molar-refractivity contribution in [3.05, 3.63) is 72.3 Å². The van der Waals surface area contributed by atoms with Crippen LogP contribution < -0.4 is 9.47 Å². The number of ether oxygens (including phenoxy) is 2. The molecule has 1 N–H and O–H groups in total. The van der Waals surface area contributed by atoms with E-state index in [2.05, 4.69) is 46.7 Å². The lowest BCUT2D eigenvalue weighted by Gasteiger charge is -2.35. The van der Waals surface area contributed by atoms with E-state index in [1.807, 2.05) is 24.3 Å². The number of piperazine rings is 1. The van der Waals surface area contributed by atoms with Crippen LogP contribution in [0.3, 0.4) is 0 Å². The lowest BCUT2D eigenvalue weighted by Crippen LogP contribution is -2.48. The number of aliphatic hydroxyl groups excluding tert-OH is 1. The molecule has 30 heavy (non-hydrogen) atoms. The predicted molar refractivity (Wildman–Crippen MR) is 124 cm³/mol. The fourth-order valence-corrected chi connectivity index (χ4v) is 3.63. The summed E-state index contributed by atoms with van der Waals surface area (Å²) < 4.78 is 11.2. The molecule has 0 aromatic heterocycles. The van der Waals surface area contributed by atoms with Gasteiger partial charge in [0.05, 0.1) is 7.11 Å². The van der Waals surface area contributed by atoms with Crippen LogP contribution in [0.5, 0.6) is 11.5 Å². The second kappa shape index (κ2) is 12.6. The van der Waals surface area contributed by atoms with Gasteiger partial charge in [-0.15, -0.1) is 19.0 Å². The molecule has 164 valence electrons. The maximum absolute atomic E-state index is 10.4. The van der Waals surface area contributed by atoms with E-state index in [0.717, 1.165) is 44.7 Å². The number of methoxy groups -OCH3 is 1. The van der Waals surface area contributed by atoms with E-state index < -0.39 is 6.10 Å². The maximum atomic E-state index is 10.4. The largest absolute Gasteiger partial charge is 0.493 e. The molecule has 0 radical (unpaired) electrons. The Balaban J connectivity index is 0.00000320. The van der Waals surface area contributed by atoms with Crippen LogP contribution in [0.4, 0.5) is 0 Å². The van der Waals surface area contributed by atoms with Crippen molar-refractivity contribution in [3.63, 3.8) is 0 Å². The van der Waals surface area contributed by atoms with Crippen LogP contribution in [0, 0.1) is 0 Å². The van der Waals surface area contributed by atoms with Gasteiger partial charge in [0, 0.05) is 39.3 Å². The summed E-state index contributed by atoms with van der Waals surface area (Å²) in [5, 5.41) is 10.4. The summed E-state index contributed by atoms with van der Waals surface area (Å²) in [5.41, 5.74) is 2.47. The number of hydrogen-bond acceptors (Lipinski definition) is 5. The van der Waals surface area contributed by atoms with Gasteiger partial charge in [0.25, 0.3) is 0 Å². The molecule has 5 nitrogen and oxygen atoms in total. The van der Waals surface area contributed by atoms with Crippen LogP contribution in [0.15, 0.2) is 61.2 Å². The van der Waals surface area contributed by atoms with Crippen molar-refractivity contribution in [2.45, 2.75) is 19.1 Å². The third-order valence-electron chi connectivity index (χ3n) is 5.22. The maximum Gasteiger partial charge on any atom is 0.161 e. The van der Waals surface area contributed by atoms with Gasteiger partial charge in [-0.25, -0.2) is 0 Å². The van der Waals surface area contributed by atoms with E-state index in [1.165, 1.54) is 5.56 Å². The molecule has 6 heteroatoms. The molecule has 2 aromatic rings. The monoisotopic (exact) mass is 432 g/mol. The Bertz CT molecular complexity index is 764. The minimum absolute atomic E-state index is 0. The summed E-state index contributed by atoms with van der Waals surface area (Å²) in [7, 11) is 1.63. The highest BCUT2D eigenvalue weighted by atomic mass is 35.5. The topological polar surface area (TPSA) is 45.2 Å². The summed E-state index contributed by atoms with van der Waals surface area (Å²) in [4.78, 5) is 4.77. The van der Waals surface area contributed by atoms with Gasteiger partial charge in [0.15, 0.2) is 11.5 Å². The second-order valence-corrected chi connectivity index (χ2v) is 7.51. The Kier molecular flexibility index (Phi) is 10.2. The van der Waals surface area contributed by atoms with Gasteiger partial charge in [-0.2, -0.15) is 0 Å². The van der Waals surface area contributed by atoms with Crippen molar-refractivity contribution in [1.29, 1.82) is 0 Å². The number of allylic oxidation sites excluding steroid dienone is 1. The highest BCUT2D eigenvalue weighted by Crippen LogP contribution is 2.28. The first-order valence-corrected chi connectivity index (χ1v) is 10.2. The molecule has 0 aliphatic carbocycles. The quantitative estimate of drug-likeness (QED) is 0.583. The minimum Gasteiger partial charge on any atom is -0.493 e. The lowest BCUT2D eigenvalue weighted by atomic mass is 10.1. The number of halogens is 1. The molecule has 1 aliphatic heterocycles. The number of nitrogens with zero attached hydrogens (tertiary/aromatic N) is 2. The molecule has 0 saturated carbocycles. The van der Waals surface area contributed by atoms with E-state index in [0.29, 0.717) is 18.0 Å². The van der Waals surface area contributed by atoms with Gasteiger partial charge in [0.1, 0.15) is 12.7 Å². The molecule has 1 heterocycles. The summed E-state index contributed by atoms with van der Waals surface area (Å²) in [6, 6.07) is 16.4. The van der Waals surface area contributed by atoms with Crippen molar-refractivity contribution in [3.8, 4) is 11.5 Å². The molecule has 1 atom stereocenters. The smallest absolute Gasteiger partial charge is 0.161 e. The van der Waals surface area contributed by atoms with Crippen molar-refractivity contribution < 1.29 is 14.6 Å². The number of aliphatic hydroxyl groups is 1. The molecule has 1 unspecified atom stereocenters. The SMILES string of the molecule is C=CCc1ccc(OCC(O)CN2CCN(Cc3ccccc3)CC2)c(OC)c1.Cl. The predicted octanol–water partition coefficient (Wildman–Crippen LogP) is 3.40. The Morgan fingerprint density at radius 1 is 1.00 bits per heavy atom. The summed E-state index contributed by atoms with van der Waals surface area (Å²) in [6.07, 6.45) is 2.11. The molecule has 1 fully saturated rings. The van der Waals surface area contributed by atoms with Gasteiger partial charge >= 0.3 is 0 Å². The Labute approximate surface area is 186 Å². The normalized spacial score (nSPS) is 15.8. The zero-order chi connectivity index (χ0) is 20.5. The summed E-state index contributed by atoms with van der Waals surface area (Å²) in [6.45, 7) is 9.58. The van der Waals surface area contributed by atoms with E-state index in [1.54, 1.807) is 7.11 Å². The van der Waals surface area contributed by atoms with Gasteiger partial charge in [-0.3, -0.25) is 9.80 Å². The fourth-order valence-electron chi connectivity index (χ4n) is 3.63. The van der Waals surface area contributed by atoms with Crippen molar-refractivity contribution in [1.82, 2.24) is 9.80 Å². The second-order valence-electron chi connectivity index (χ2n) is 7.51. The van der Waals surface area contributed by atoms with Gasteiger partial charge < -0.3 is 14.6 Å². The van der Waals surface area contributed by atoms with Crippen molar-refractivity contribution in [2.75, 3.05) is 46.4 Å². The zero-order valence-corrected chi connectivity index (χ0v) is 18.5. The number of benzene rings is 2. The van der Waals surface area contributed by atoms with Crippen LogP contribution in [0.1, 0.15) is 11.1 Å². The highest BCUT2D eigenvalue weighted by Gasteiger charge is 2.20. The molecule has 0 bridgehead atoms. The molecular weight excluding hydrogens is 400 g/mol. The van der Waals surface area contributed by atoms with Crippen molar-refractivity contribution in [2.24, 2.45) is 0 Å². The number of hydrogen-bond donors (Lipinski definition) is 1. The van der Waals surface area contributed by atoms with Crippen LogP contribution >= 0.6 is 12.4 Å². The molecule has 1 aliphatic rings. The van der Waals surface area contributed by atoms with Crippen LogP contribution in [-0.2, 0) is 13.0 Å². The van der Waals surface area contributed by atoms with Gasteiger partial charge in [-0.05, 0) is 29.7 Å². The molecule has 3 rings (SSSR count). The first kappa shape index (κ1) is 24.2. The van der Waals surface area contributed by atoms with Gasteiger partial charge in [0.2, 0.25) is 0 Å². The molecule has 0 amide bonds. The Hall–Kier alpha value is -2.05. The number of β-amino-alcohol motifs (C(OH)–C–C–N with tert-alkyl or cyclic N) is 1. The molecule has 2 aromatic carbocycles. The van der Waals surface area contributed by atoms with Crippen LogP contribution in [-0.4, -0.2) is 67.5 Å². The Morgan fingerprint density at radius 2 is 1.70 bits per heavy atom. The first-order valence-electron chi connectivity index (χ1n) is 10.2. The van der Waals surface area contributed by atoms with E-state index in [4.69, 9.17) is 9.47 Å². The summed E-state index contributed by atoms with van der Waals surface area (Å²) in [5.74, 6) is 1.35. The average Bonchev–Trinajstić information content (AvgIpc) is 2.75. The van der Waals surface area contributed by atoms with Crippen molar-refractivity contribution >= 4 is 12.4 Å². The van der Waals surface area contributed by atoms with Gasteiger partial charge in [-0.1, -0.05) is 42.5 Å². The minimum atomic E-state index is -0.534. The summed E-state index contributed by atoms with van der Waals surface area (Å²) >= 11 is 0. The first-order chi connectivity index (χ1) is 14.2. The van der Waals surface area contributed by atoms with E-state index in [9.17, 15) is 5.11 Å². The lowest BCUT2D eigenvalue weighted by molar-refractivity contribution is 0.0440. The molecule has 1 saturated heterocycles. The van der Waals surface area contributed by atoms with E-state index >= 15 is 0 Å². The average molecular weight is 433 g/mol. The van der Waals surface area contributed by atoms with Crippen LogP contribution in [0.2, 0.25) is 0 Å². The third-order valence-corrected chi connectivity index (χ3v) is 5.22. The fraction of sp³-hybridized carbons (Fsp3) is 0.417. The Morgan fingerprint density at radius 3 is 2.37 bits per heavy atom. The highest BCUT2D eigenvalue weighted by molar-refractivity contribution is 5.85. The zero-order valence-electron chi connectivity index (χ0n) is 17.7. The van der Waals surface area contributed by atoms with E-state index in [-0.39, 0.29) is 19.0 Å².